The zero-order chi connectivity index (χ0) is 22.3. The van der Waals surface area contributed by atoms with Gasteiger partial charge in [-0.1, -0.05) is 0 Å². The molecule has 31 heavy (non-hydrogen) atoms. The van der Waals surface area contributed by atoms with Crippen LogP contribution in [0.3, 0.4) is 0 Å². The number of carbonyl (C=O) groups is 2. The molecule has 10 heteroatoms. The first-order chi connectivity index (χ1) is 14.7. The highest BCUT2D eigenvalue weighted by molar-refractivity contribution is 6.08. The van der Waals surface area contributed by atoms with E-state index in [1.54, 1.807) is 12.1 Å². The number of anilines is 2. The molecule has 0 spiro atoms. The summed E-state index contributed by atoms with van der Waals surface area (Å²) in [6.45, 7) is 2.08. The van der Waals surface area contributed by atoms with Gasteiger partial charge in [-0.05, 0) is 43.3 Å². The van der Waals surface area contributed by atoms with Crippen LogP contribution in [0.5, 0.6) is 0 Å². The number of aromatic nitrogens is 3. The quantitative estimate of drug-likeness (QED) is 0.641. The van der Waals surface area contributed by atoms with Crippen molar-refractivity contribution >= 4 is 23.2 Å². The molecule has 1 aliphatic heterocycles. The lowest BCUT2D eigenvalue weighted by molar-refractivity contribution is -0.137. The third-order valence-corrected chi connectivity index (χ3v) is 5.18. The number of hydrogen-bond donors (Lipinski definition) is 1. The van der Waals surface area contributed by atoms with Crippen molar-refractivity contribution in [1.82, 2.24) is 14.8 Å². The summed E-state index contributed by atoms with van der Waals surface area (Å²) in [4.78, 5) is 31.2. The Morgan fingerprint density at radius 1 is 1.23 bits per heavy atom. The molecule has 4 rings (SSSR count). The highest BCUT2D eigenvalue weighted by Gasteiger charge is 2.35. The number of ketones is 1. The summed E-state index contributed by atoms with van der Waals surface area (Å²) < 4.78 is 40.1. The highest BCUT2D eigenvalue weighted by atomic mass is 19.4. The fourth-order valence-electron chi connectivity index (χ4n) is 3.62. The summed E-state index contributed by atoms with van der Waals surface area (Å²) in [5, 5.41) is 4.25. The van der Waals surface area contributed by atoms with Crippen LogP contribution in [-0.2, 0) is 12.6 Å². The van der Waals surface area contributed by atoms with E-state index in [0.717, 1.165) is 12.1 Å². The molecule has 2 aromatic heterocycles. The van der Waals surface area contributed by atoms with Gasteiger partial charge in [0.2, 0.25) is 0 Å². The second kappa shape index (κ2) is 7.53. The Bertz CT molecular complexity index is 1150. The summed E-state index contributed by atoms with van der Waals surface area (Å²) in [5.41, 5.74) is 6.21. The van der Waals surface area contributed by atoms with Gasteiger partial charge in [-0.2, -0.15) is 18.3 Å². The SMILES string of the molecule is C[C@H]1CN(c2ccc(C(F)(F)F)cc2)C(=O)c2c(CC(=O)c3cccnc3N)cnn21. The van der Waals surface area contributed by atoms with E-state index < -0.39 is 17.6 Å². The molecule has 0 radical (unpaired) electrons. The van der Waals surface area contributed by atoms with Crippen LogP contribution in [0.4, 0.5) is 24.7 Å². The van der Waals surface area contributed by atoms with Crippen LogP contribution in [0.25, 0.3) is 0 Å². The molecule has 1 atom stereocenters. The summed E-state index contributed by atoms with van der Waals surface area (Å²) >= 11 is 0. The molecule has 0 fully saturated rings. The van der Waals surface area contributed by atoms with Crippen molar-refractivity contribution in [1.29, 1.82) is 0 Å². The number of nitrogen functional groups attached to an aromatic ring is 1. The summed E-state index contributed by atoms with van der Waals surface area (Å²) in [6, 6.07) is 7.32. The Hall–Kier alpha value is -3.69. The van der Waals surface area contributed by atoms with E-state index in [1.807, 2.05) is 6.92 Å². The molecule has 1 aromatic carbocycles. The molecule has 1 aliphatic rings. The minimum Gasteiger partial charge on any atom is -0.383 e. The van der Waals surface area contributed by atoms with Gasteiger partial charge < -0.3 is 10.6 Å². The second-order valence-electron chi connectivity index (χ2n) is 7.31. The predicted molar refractivity (Wildman–Crippen MR) is 107 cm³/mol. The van der Waals surface area contributed by atoms with Gasteiger partial charge in [0.1, 0.15) is 11.5 Å². The lowest BCUT2D eigenvalue weighted by Gasteiger charge is -2.32. The predicted octanol–water partition coefficient (Wildman–Crippen LogP) is 3.53. The largest absolute Gasteiger partial charge is 0.416 e. The number of hydrogen-bond acceptors (Lipinski definition) is 5. The fraction of sp³-hybridized carbons (Fsp3) is 0.238. The monoisotopic (exact) mass is 429 g/mol. The molecule has 2 N–H and O–H groups in total. The average molecular weight is 429 g/mol. The summed E-state index contributed by atoms with van der Waals surface area (Å²) in [6.07, 6.45) is -1.63. The number of pyridine rings is 1. The standard InChI is InChI=1S/C21H18F3N5O2/c1-12-11-28(15-6-4-14(5-7-15)21(22,23)24)20(31)18-13(10-27-29(12)18)9-17(30)16-3-2-8-26-19(16)25/h2-8,10,12H,9,11H2,1H3,(H2,25,26)/t12-/m0/s1. The molecule has 3 heterocycles. The molecule has 3 aromatic rings. The van der Waals surface area contributed by atoms with Gasteiger partial charge in [0.15, 0.2) is 5.78 Å². The fourth-order valence-corrected chi connectivity index (χ4v) is 3.62. The maximum atomic E-state index is 13.2. The third kappa shape index (κ3) is 3.76. The van der Waals surface area contributed by atoms with Crippen molar-refractivity contribution in [2.75, 3.05) is 17.2 Å². The molecule has 0 saturated heterocycles. The first-order valence-electron chi connectivity index (χ1n) is 9.46. The number of amides is 1. The van der Waals surface area contributed by atoms with E-state index in [1.165, 1.54) is 34.1 Å². The lowest BCUT2D eigenvalue weighted by Crippen LogP contribution is -2.43. The van der Waals surface area contributed by atoms with Gasteiger partial charge in [0.25, 0.3) is 5.91 Å². The van der Waals surface area contributed by atoms with Crippen molar-refractivity contribution in [3.8, 4) is 0 Å². The van der Waals surface area contributed by atoms with Gasteiger partial charge in [-0.3, -0.25) is 14.3 Å². The van der Waals surface area contributed by atoms with Crippen LogP contribution in [0.2, 0.25) is 0 Å². The number of carbonyl (C=O) groups excluding carboxylic acids is 2. The number of nitrogens with two attached hydrogens (primary N) is 1. The first-order valence-corrected chi connectivity index (χ1v) is 9.46. The second-order valence-corrected chi connectivity index (χ2v) is 7.31. The van der Waals surface area contributed by atoms with Gasteiger partial charge in [0.05, 0.1) is 23.4 Å². The molecule has 1 amide bonds. The smallest absolute Gasteiger partial charge is 0.383 e. The number of Topliss-reactive ketones (excluding diaryl/α,β-unsaturated/α-hetero) is 1. The van der Waals surface area contributed by atoms with Crippen LogP contribution in [0.1, 0.15) is 44.9 Å². The van der Waals surface area contributed by atoms with E-state index in [9.17, 15) is 22.8 Å². The van der Waals surface area contributed by atoms with Crippen molar-refractivity contribution in [3.63, 3.8) is 0 Å². The van der Waals surface area contributed by atoms with E-state index >= 15 is 0 Å². The van der Waals surface area contributed by atoms with Gasteiger partial charge in [0, 0.05) is 30.4 Å². The Labute approximate surface area is 175 Å². The minimum atomic E-state index is -4.46. The van der Waals surface area contributed by atoms with Crippen molar-refractivity contribution in [2.24, 2.45) is 0 Å². The molecule has 0 saturated carbocycles. The zero-order valence-electron chi connectivity index (χ0n) is 16.4. The summed E-state index contributed by atoms with van der Waals surface area (Å²) in [7, 11) is 0. The molecule has 160 valence electrons. The minimum absolute atomic E-state index is 0.0969. The van der Waals surface area contributed by atoms with Crippen LogP contribution in [-0.4, -0.2) is 33.0 Å². The maximum absolute atomic E-state index is 13.2. The molecule has 0 unspecified atom stereocenters. The van der Waals surface area contributed by atoms with E-state index in [-0.39, 0.29) is 41.9 Å². The van der Waals surface area contributed by atoms with Gasteiger partial charge >= 0.3 is 6.18 Å². The van der Waals surface area contributed by atoms with E-state index in [0.29, 0.717) is 11.3 Å². The highest BCUT2D eigenvalue weighted by Crippen LogP contribution is 2.33. The number of alkyl halides is 3. The Morgan fingerprint density at radius 2 is 1.94 bits per heavy atom. The van der Waals surface area contributed by atoms with Crippen LogP contribution in [0, 0.1) is 0 Å². The topological polar surface area (TPSA) is 94.1 Å². The number of halogens is 3. The lowest BCUT2D eigenvalue weighted by atomic mass is 10.0. The van der Waals surface area contributed by atoms with Crippen molar-refractivity contribution in [2.45, 2.75) is 25.6 Å². The molecular formula is C21H18F3N5O2. The van der Waals surface area contributed by atoms with Crippen molar-refractivity contribution < 1.29 is 22.8 Å². The Morgan fingerprint density at radius 3 is 2.58 bits per heavy atom. The third-order valence-electron chi connectivity index (χ3n) is 5.18. The molecular weight excluding hydrogens is 411 g/mol. The average Bonchev–Trinajstić information content (AvgIpc) is 3.15. The van der Waals surface area contributed by atoms with Gasteiger partial charge in [-0.15, -0.1) is 0 Å². The number of nitrogens with zero attached hydrogens (tertiary/aromatic N) is 4. The van der Waals surface area contributed by atoms with E-state index in [2.05, 4.69) is 10.1 Å². The number of benzene rings is 1. The molecule has 0 bridgehead atoms. The van der Waals surface area contributed by atoms with Crippen molar-refractivity contribution in [3.05, 3.63) is 71.2 Å². The molecule has 0 aliphatic carbocycles. The van der Waals surface area contributed by atoms with Crippen LogP contribution >= 0.6 is 0 Å². The number of rotatable bonds is 4. The number of fused-ring (bicyclic) bond motifs is 1. The van der Waals surface area contributed by atoms with Crippen LogP contribution < -0.4 is 10.6 Å². The summed E-state index contributed by atoms with van der Waals surface area (Å²) in [5.74, 6) is -0.648. The Kier molecular flexibility index (Phi) is 5.00. The normalized spacial score (nSPS) is 16.3. The molecule has 7 nitrogen and oxygen atoms in total. The van der Waals surface area contributed by atoms with Gasteiger partial charge in [-0.25, -0.2) is 4.98 Å². The van der Waals surface area contributed by atoms with E-state index in [4.69, 9.17) is 5.73 Å². The Balaban J connectivity index is 1.64. The van der Waals surface area contributed by atoms with Crippen LogP contribution in [0.15, 0.2) is 48.8 Å². The maximum Gasteiger partial charge on any atom is 0.416 e. The zero-order valence-corrected chi connectivity index (χ0v) is 16.4. The first kappa shape index (κ1) is 20.6.